The highest BCUT2D eigenvalue weighted by Crippen LogP contribution is 2.32. The molecule has 2 nitrogen and oxygen atoms in total. The zero-order valence-electron chi connectivity index (χ0n) is 8.95. The van der Waals surface area contributed by atoms with Crippen LogP contribution < -0.4 is 0 Å². The van der Waals surface area contributed by atoms with Crippen LogP contribution >= 0.6 is 0 Å². The highest BCUT2D eigenvalue weighted by atomic mass is 15.1. The van der Waals surface area contributed by atoms with Crippen molar-refractivity contribution in [3.63, 3.8) is 0 Å². The highest BCUT2D eigenvalue weighted by molar-refractivity contribution is 4.96. The van der Waals surface area contributed by atoms with Crippen LogP contribution in [0.1, 0.15) is 32.6 Å². The molecule has 0 aromatic carbocycles. The summed E-state index contributed by atoms with van der Waals surface area (Å²) in [5, 5.41) is 8.99. The Morgan fingerprint density at radius 2 is 2.08 bits per heavy atom. The third kappa shape index (κ3) is 2.45. The Hall–Kier alpha value is -0.550. The molecule has 0 N–H and O–H groups in total. The number of nitrogens with zero attached hydrogens (tertiary/aromatic N) is 2. The fourth-order valence-electron chi connectivity index (χ4n) is 2.32. The molecule has 0 saturated heterocycles. The predicted octanol–water partition coefficient (Wildman–Crippen LogP) is 2.27. The standard InChI is InChI=1S/C11H20N2/c1-4-9-5-6-10(8-12)11(7-9)13(2)3/h9-11H,4-7H2,1-3H3. The van der Waals surface area contributed by atoms with E-state index in [1.54, 1.807) is 0 Å². The van der Waals surface area contributed by atoms with Crippen LogP contribution in [0.4, 0.5) is 0 Å². The van der Waals surface area contributed by atoms with Gasteiger partial charge in [-0.25, -0.2) is 0 Å². The van der Waals surface area contributed by atoms with Crippen LogP contribution in [0.25, 0.3) is 0 Å². The lowest BCUT2D eigenvalue weighted by Gasteiger charge is -2.36. The van der Waals surface area contributed by atoms with E-state index in [0.717, 1.165) is 12.3 Å². The summed E-state index contributed by atoms with van der Waals surface area (Å²) in [7, 11) is 4.18. The minimum atomic E-state index is 0.262. The molecular weight excluding hydrogens is 160 g/mol. The maximum absolute atomic E-state index is 8.99. The third-order valence-corrected chi connectivity index (χ3v) is 3.33. The molecule has 0 radical (unpaired) electrons. The van der Waals surface area contributed by atoms with Crippen LogP contribution in [0.3, 0.4) is 0 Å². The van der Waals surface area contributed by atoms with E-state index in [1.807, 2.05) is 0 Å². The maximum Gasteiger partial charge on any atom is 0.0672 e. The minimum absolute atomic E-state index is 0.262. The van der Waals surface area contributed by atoms with Crippen molar-refractivity contribution in [2.75, 3.05) is 14.1 Å². The summed E-state index contributed by atoms with van der Waals surface area (Å²) < 4.78 is 0. The fraction of sp³-hybridized carbons (Fsp3) is 0.909. The molecule has 0 amide bonds. The van der Waals surface area contributed by atoms with Gasteiger partial charge in [-0.1, -0.05) is 13.3 Å². The van der Waals surface area contributed by atoms with E-state index < -0.39 is 0 Å². The zero-order chi connectivity index (χ0) is 9.84. The smallest absolute Gasteiger partial charge is 0.0672 e. The van der Waals surface area contributed by atoms with E-state index in [-0.39, 0.29) is 5.92 Å². The molecule has 1 aliphatic carbocycles. The van der Waals surface area contributed by atoms with Gasteiger partial charge in [0.1, 0.15) is 0 Å². The highest BCUT2D eigenvalue weighted by Gasteiger charge is 2.30. The van der Waals surface area contributed by atoms with Crippen molar-refractivity contribution in [1.29, 1.82) is 5.26 Å². The molecule has 0 bridgehead atoms. The first-order valence-corrected chi connectivity index (χ1v) is 5.25. The molecule has 1 aliphatic rings. The van der Waals surface area contributed by atoms with E-state index in [2.05, 4.69) is 32.0 Å². The molecule has 74 valence electrons. The first-order valence-electron chi connectivity index (χ1n) is 5.25. The van der Waals surface area contributed by atoms with Crippen LogP contribution in [0.5, 0.6) is 0 Å². The van der Waals surface area contributed by atoms with Gasteiger partial charge in [-0.3, -0.25) is 0 Å². The quantitative estimate of drug-likeness (QED) is 0.652. The molecule has 1 fully saturated rings. The Labute approximate surface area is 81.5 Å². The molecular formula is C11H20N2. The molecule has 0 spiro atoms. The number of hydrogen-bond acceptors (Lipinski definition) is 2. The van der Waals surface area contributed by atoms with Crippen LogP contribution in [0, 0.1) is 23.2 Å². The van der Waals surface area contributed by atoms with Crippen molar-refractivity contribution < 1.29 is 0 Å². The molecule has 3 atom stereocenters. The van der Waals surface area contributed by atoms with Gasteiger partial charge >= 0.3 is 0 Å². The Morgan fingerprint density at radius 3 is 2.54 bits per heavy atom. The van der Waals surface area contributed by atoms with Gasteiger partial charge in [0.2, 0.25) is 0 Å². The van der Waals surface area contributed by atoms with Gasteiger partial charge in [-0.05, 0) is 39.3 Å². The first kappa shape index (κ1) is 10.5. The van der Waals surface area contributed by atoms with E-state index >= 15 is 0 Å². The Morgan fingerprint density at radius 1 is 1.38 bits per heavy atom. The molecule has 0 aromatic rings. The van der Waals surface area contributed by atoms with Crippen molar-refractivity contribution in [3.8, 4) is 6.07 Å². The summed E-state index contributed by atoms with van der Waals surface area (Å²) in [6.45, 7) is 2.25. The van der Waals surface area contributed by atoms with Crippen molar-refractivity contribution in [2.24, 2.45) is 11.8 Å². The molecule has 0 aliphatic heterocycles. The third-order valence-electron chi connectivity index (χ3n) is 3.33. The van der Waals surface area contributed by atoms with E-state index in [9.17, 15) is 0 Å². The molecule has 0 aromatic heterocycles. The summed E-state index contributed by atoms with van der Waals surface area (Å²) in [5.74, 6) is 1.11. The minimum Gasteiger partial charge on any atom is -0.305 e. The lowest BCUT2D eigenvalue weighted by molar-refractivity contribution is 0.147. The van der Waals surface area contributed by atoms with Crippen LogP contribution in [-0.2, 0) is 0 Å². The predicted molar refractivity (Wildman–Crippen MR) is 54.2 cm³/mol. The first-order chi connectivity index (χ1) is 6.19. The largest absolute Gasteiger partial charge is 0.305 e. The van der Waals surface area contributed by atoms with Gasteiger partial charge in [0.05, 0.1) is 12.0 Å². The zero-order valence-corrected chi connectivity index (χ0v) is 8.95. The average molecular weight is 180 g/mol. The monoisotopic (exact) mass is 180 g/mol. The van der Waals surface area contributed by atoms with Gasteiger partial charge in [0.15, 0.2) is 0 Å². The fourth-order valence-corrected chi connectivity index (χ4v) is 2.32. The van der Waals surface area contributed by atoms with Crippen molar-refractivity contribution in [2.45, 2.75) is 38.6 Å². The molecule has 2 heteroatoms. The molecule has 13 heavy (non-hydrogen) atoms. The lowest BCUT2D eigenvalue weighted by Crippen LogP contribution is -2.39. The van der Waals surface area contributed by atoms with E-state index in [4.69, 9.17) is 5.26 Å². The Balaban J connectivity index is 2.58. The Kier molecular flexibility index (Phi) is 3.74. The van der Waals surface area contributed by atoms with Crippen molar-refractivity contribution in [3.05, 3.63) is 0 Å². The molecule has 1 saturated carbocycles. The number of hydrogen-bond donors (Lipinski definition) is 0. The van der Waals surface area contributed by atoms with Gasteiger partial charge in [0, 0.05) is 6.04 Å². The Bertz CT molecular complexity index is 193. The van der Waals surface area contributed by atoms with E-state index in [1.165, 1.54) is 19.3 Å². The summed E-state index contributed by atoms with van der Waals surface area (Å²) >= 11 is 0. The van der Waals surface area contributed by atoms with Gasteiger partial charge in [-0.15, -0.1) is 0 Å². The second kappa shape index (κ2) is 4.62. The SMILES string of the molecule is CCC1CCC(C#N)C(N(C)C)C1. The van der Waals surface area contributed by atoms with Crippen LogP contribution in [-0.4, -0.2) is 25.0 Å². The summed E-state index contributed by atoms with van der Waals surface area (Å²) in [4.78, 5) is 2.22. The average Bonchev–Trinajstić information content (AvgIpc) is 2.16. The second-order valence-corrected chi connectivity index (χ2v) is 4.35. The van der Waals surface area contributed by atoms with Crippen molar-refractivity contribution in [1.82, 2.24) is 4.90 Å². The lowest BCUT2D eigenvalue weighted by atomic mass is 9.77. The maximum atomic E-state index is 8.99. The molecule has 1 rings (SSSR count). The van der Waals surface area contributed by atoms with Gasteiger partial charge < -0.3 is 4.90 Å². The van der Waals surface area contributed by atoms with E-state index in [0.29, 0.717) is 6.04 Å². The number of rotatable bonds is 2. The van der Waals surface area contributed by atoms with Crippen LogP contribution in [0.15, 0.2) is 0 Å². The second-order valence-electron chi connectivity index (χ2n) is 4.35. The topological polar surface area (TPSA) is 27.0 Å². The molecule has 0 heterocycles. The summed E-state index contributed by atoms with van der Waals surface area (Å²) in [6.07, 6.45) is 4.82. The van der Waals surface area contributed by atoms with Gasteiger partial charge in [0.25, 0.3) is 0 Å². The number of nitriles is 1. The normalized spacial score (nSPS) is 34.5. The molecule has 3 unspecified atom stereocenters. The van der Waals surface area contributed by atoms with Gasteiger partial charge in [-0.2, -0.15) is 5.26 Å². The van der Waals surface area contributed by atoms with Crippen molar-refractivity contribution >= 4 is 0 Å². The summed E-state index contributed by atoms with van der Waals surface area (Å²) in [6, 6.07) is 2.93. The summed E-state index contributed by atoms with van der Waals surface area (Å²) in [5.41, 5.74) is 0. The van der Waals surface area contributed by atoms with Crippen LogP contribution in [0.2, 0.25) is 0 Å².